The van der Waals surface area contributed by atoms with E-state index in [-0.39, 0.29) is 31.5 Å². The van der Waals surface area contributed by atoms with E-state index in [1.165, 1.54) is 0 Å². The normalized spacial score (nSPS) is 13.0. The Bertz CT molecular complexity index is 2010. The van der Waals surface area contributed by atoms with Crippen LogP contribution in [0.5, 0.6) is 5.75 Å². The van der Waals surface area contributed by atoms with Crippen LogP contribution < -0.4 is 15.8 Å². The van der Waals surface area contributed by atoms with E-state index < -0.39 is 17.7 Å². The Balaban J connectivity index is 1.14. The Morgan fingerprint density at radius 1 is 0.958 bits per heavy atom. The molecule has 9 nitrogen and oxygen atoms in total. The molecule has 48 heavy (non-hydrogen) atoms. The number of ether oxygens (including phenoxy) is 3. The number of aromatic nitrogens is 1. The van der Waals surface area contributed by atoms with Gasteiger partial charge in [0, 0.05) is 23.9 Å². The van der Waals surface area contributed by atoms with Gasteiger partial charge in [0.1, 0.15) is 42.5 Å². The third-order valence-electron chi connectivity index (χ3n) is 8.58. The summed E-state index contributed by atoms with van der Waals surface area (Å²) in [6, 6.07) is 30.0. The highest BCUT2D eigenvalue weighted by atomic mass is 16.5. The first-order valence-corrected chi connectivity index (χ1v) is 15.8. The molecule has 0 saturated carbocycles. The maximum atomic E-state index is 13.8. The quantitative estimate of drug-likeness (QED) is 0.155. The van der Waals surface area contributed by atoms with Gasteiger partial charge in [0.2, 0.25) is 0 Å². The van der Waals surface area contributed by atoms with Crippen molar-refractivity contribution in [2.45, 2.75) is 44.9 Å². The zero-order valence-electron chi connectivity index (χ0n) is 27.4. The van der Waals surface area contributed by atoms with Gasteiger partial charge in [-0.15, -0.1) is 0 Å². The summed E-state index contributed by atoms with van der Waals surface area (Å²) in [5.41, 5.74) is 12.4. The molecule has 1 atom stereocenters. The highest BCUT2D eigenvalue weighted by Gasteiger charge is 2.30. The van der Waals surface area contributed by atoms with E-state index in [4.69, 9.17) is 19.9 Å². The van der Waals surface area contributed by atoms with Crippen LogP contribution in [0.3, 0.4) is 0 Å². The smallest absolute Gasteiger partial charge is 0.407 e. The number of nitrogens with one attached hydrogen (secondary N) is 1. The summed E-state index contributed by atoms with van der Waals surface area (Å²) < 4.78 is 19.5. The lowest BCUT2D eigenvalue weighted by Crippen LogP contribution is -2.46. The Kier molecular flexibility index (Phi) is 8.94. The maximum Gasteiger partial charge on any atom is 0.407 e. The van der Waals surface area contributed by atoms with E-state index in [0.717, 1.165) is 33.3 Å². The van der Waals surface area contributed by atoms with Crippen molar-refractivity contribution in [3.05, 3.63) is 119 Å². The average Bonchev–Trinajstić information content (AvgIpc) is 3.53. The number of ketones is 1. The van der Waals surface area contributed by atoms with Crippen molar-refractivity contribution in [2.75, 3.05) is 18.9 Å². The number of carbonyl (C=O) groups excluding carboxylic acids is 2. The number of fused-ring (bicyclic) bond motifs is 4. The van der Waals surface area contributed by atoms with Gasteiger partial charge < -0.3 is 29.8 Å². The second kappa shape index (κ2) is 13.3. The van der Waals surface area contributed by atoms with Gasteiger partial charge in [0.15, 0.2) is 5.78 Å². The van der Waals surface area contributed by atoms with Crippen molar-refractivity contribution in [1.82, 2.24) is 9.88 Å². The maximum absolute atomic E-state index is 13.8. The van der Waals surface area contributed by atoms with Crippen LogP contribution in [0.25, 0.3) is 22.0 Å². The molecule has 0 saturated heterocycles. The van der Waals surface area contributed by atoms with Gasteiger partial charge in [-0.05, 0) is 72.9 Å². The topological polar surface area (TPSA) is 129 Å². The van der Waals surface area contributed by atoms with Crippen LogP contribution in [-0.2, 0) is 23.1 Å². The number of hydrogen-bond acceptors (Lipinski definition) is 7. The monoisotopic (exact) mass is 642 g/mol. The van der Waals surface area contributed by atoms with E-state index in [9.17, 15) is 14.9 Å². The molecule has 0 fully saturated rings. The molecule has 1 amide bonds. The Hall–Kier alpha value is -5.59. The predicted molar refractivity (Wildman–Crippen MR) is 185 cm³/mol. The highest BCUT2D eigenvalue weighted by molar-refractivity contribution is 6.01. The SMILES string of the molecule is Cn1c(N)c(C#N)c2cc(OCc3cccc(C(=O)[C@H](COC(C)(C)C)NC(=O)OCC4c5ccccc5-c5ccccc54)c3)ccc21. The highest BCUT2D eigenvalue weighted by Crippen LogP contribution is 2.44. The number of nitrogens with two attached hydrogens (primary N) is 1. The molecule has 0 radical (unpaired) electrons. The van der Waals surface area contributed by atoms with E-state index in [2.05, 4.69) is 35.7 Å². The number of aryl methyl sites for hydroxylation is 1. The van der Waals surface area contributed by atoms with Crippen molar-refractivity contribution in [2.24, 2.45) is 7.05 Å². The van der Waals surface area contributed by atoms with Crippen LogP contribution >= 0.6 is 0 Å². The molecular weight excluding hydrogens is 604 g/mol. The van der Waals surface area contributed by atoms with Crippen LogP contribution in [0.2, 0.25) is 0 Å². The number of nitriles is 1. The van der Waals surface area contributed by atoms with Gasteiger partial charge in [-0.2, -0.15) is 5.26 Å². The van der Waals surface area contributed by atoms with Crippen molar-refractivity contribution in [3.8, 4) is 22.9 Å². The second-order valence-corrected chi connectivity index (χ2v) is 12.9. The van der Waals surface area contributed by atoms with Crippen LogP contribution in [0.1, 0.15) is 59.3 Å². The molecule has 1 aliphatic carbocycles. The zero-order chi connectivity index (χ0) is 34.0. The molecular formula is C39H38N4O5. The number of nitrogen functional groups attached to an aromatic ring is 1. The van der Waals surface area contributed by atoms with Crippen molar-refractivity contribution < 1.29 is 23.8 Å². The molecule has 1 heterocycles. The number of amides is 1. The molecule has 0 bridgehead atoms. The molecule has 244 valence electrons. The van der Waals surface area contributed by atoms with Gasteiger partial charge in [-0.3, -0.25) is 4.79 Å². The van der Waals surface area contributed by atoms with Crippen LogP contribution in [-0.4, -0.2) is 41.3 Å². The minimum absolute atomic E-state index is 0.0330. The molecule has 3 N–H and O–H groups in total. The lowest BCUT2D eigenvalue weighted by Gasteiger charge is -2.25. The molecule has 6 rings (SSSR count). The number of anilines is 1. The third kappa shape index (κ3) is 6.61. The molecule has 4 aromatic carbocycles. The van der Waals surface area contributed by atoms with E-state index in [1.807, 2.05) is 70.3 Å². The average molecular weight is 643 g/mol. The fraction of sp³-hybridized carbons (Fsp3) is 0.256. The van der Waals surface area contributed by atoms with Gasteiger partial charge in [0.05, 0.1) is 17.7 Å². The van der Waals surface area contributed by atoms with Crippen LogP contribution in [0.15, 0.2) is 91.0 Å². The molecule has 5 aromatic rings. The number of Topliss-reactive ketones (excluding diaryl/α,β-unsaturated/α-hetero) is 1. The Labute approximate surface area is 279 Å². The van der Waals surface area contributed by atoms with Gasteiger partial charge in [0.25, 0.3) is 0 Å². The Morgan fingerprint density at radius 3 is 2.31 bits per heavy atom. The molecule has 0 unspecified atom stereocenters. The summed E-state index contributed by atoms with van der Waals surface area (Å²) >= 11 is 0. The number of alkyl carbamates (subject to hydrolysis) is 1. The summed E-state index contributed by atoms with van der Waals surface area (Å²) in [5, 5.41) is 13.1. The van der Waals surface area contributed by atoms with Crippen molar-refractivity contribution in [1.29, 1.82) is 5.26 Å². The summed E-state index contributed by atoms with van der Waals surface area (Å²) in [5.74, 6) is 0.544. The predicted octanol–water partition coefficient (Wildman–Crippen LogP) is 7.12. The molecule has 1 aliphatic rings. The molecule has 0 spiro atoms. The fourth-order valence-corrected chi connectivity index (χ4v) is 6.13. The minimum atomic E-state index is -0.980. The lowest BCUT2D eigenvalue weighted by atomic mass is 9.98. The second-order valence-electron chi connectivity index (χ2n) is 12.9. The summed E-state index contributed by atoms with van der Waals surface area (Å²) in [6.45, 7) is 5.95. The standard InChI is InChI=1S/C39H38N4O5/c1-39(2,3)48-23-34(42-38(45)47-22-33-29-14-7-5-12-27(29)28-13-6-8-15-30(28)33)36(44)25-11-9-10-24(18-25)21-46-26-16-17-35-31(19-26)32(20-40)37(41)43(35)4/h5-19,33-34H,21-23,41H2,1-4H3,(H,42,45)/t34-/m0/s1. The third-order valence-corrected chi connectivity index (χ3v) is 8.58. The lowest BCUT2D eigenvalue weighted by molar-refractivity contribution is -0.0119. The summed E-state index contributed by atoms with van der Waals surface area (Å²) in [6.07, 6.45) is -0.694. The molecule has 0 aliphatic heterocycles. The fourth-order valence-electron chi connectivity index (χ4n) is 6.13. The number of hydrogen-bond donors (Lipinski definition) is 2. The molecule has 9 heteroatoms. The zero-order valence-corrected chi connectivity index (χ0v) is 27.4. The van der Waals surface area contributed by atoms with Gasteiger partial charge in [-0.25, -0.2) is 4.79 Å². The van der Waals surface area contributed by atoms with Crippen LogP contribution in [0.4, 0.5) is 10.6 Å². The van der Waals surface area contributed by atoms with E-state index in [1.54, 1.807) is 28.8 Å². The summed E-state index contributed by atoms with van der Waals surface area (Å²) in [4.78, 5) is 27.0. The largest absolute Gasteiger partial charge is 0.489 e. The number of benzene rings is 4. The molecule has 1 aromatic heterocycles. The first-order valence-electron chi connectivity index (χ1n) is 15.8. The number of nitrogens with zero attached hydrogens (tertiary/aromatic N) is 2. The van der Waals surface area contributed by atoms with E-state index in [0.29, 0.717) is 28.1 Å². The van der Waals surface area contributed by atoms with Crippen molar-refractivity contribution >= 4 is 28.6 Å². The summed E-state index contributed by atoms with van der Waals surface area (Å²) in [7, 11) is 1.81. The van der Waals surface area contributed by atoms with E-state index >= 15 is 0 Å². The minimum Gasteiger partial charge on any atom is -0.489 e. The first-order chi connectivity index (χ1) is 23.0. The van der Waals surface area contributed by atoms with Gasteiger partial charge >= 0.3 is 6.09 Å². The van der Waals surface area contributed by atoms with Gasteiger partial charge in [-0.1, -0.05) is 66.7 Å². The Morgan fingerprint density at radius 2 is 1.65 bits per heavy atom. The van der Waals surface area contributed by atoms with Crippen molar-refractivity contribution in [3.63, 3.8) is 0 Å². The van der Waals surface area contributed by atoms with Crippen LogP contribution in [0, 0.1) is 11.3 Å². The first kappa shape index (κ1) is 32.4. The number of carbonyl (C=O) groups is 2. The number of rotatable bonds is 10.